The number of para-hydroxylation sites is 2. The first-order valence-electron chi connectivity index (χ1n) is 8.49. The molecule has 0 aliphatic heterocycles. The molecular formula is C18H25N3O2. The number of carbonyl (C=O) groups excluding carboxylic acids is 1. The smallest absolute Gasteiger partial charge is 0.328 e. The number of fused-ring (bicyclic) bond motifs is 1. The number of aromatic nitrogens is 2. The van der Waals surface area contributed by atoms with Gasteiger partial charge in [0.2, 0.25) is 5.91 Å². The third kappa shape index (κ3) is 3.05. The van der Waals surface area contributed by atoms with Gasteiger partial charge in [-0.3, -0.25) is 13.9 Å². The molecule has 5 nitrogen and oxygen atoms in total. The fraction of sp³-hybridized carbons (Fsp3) is 0.556. The summed E-state index contributed by atoms with van der Waals surface area (Å²) in [5.74, 6) is 0.136. The van der Waals surface area contributed by atoms with Crippen molar-refractivity contribution in [1.82, 2.24) is 14.0 Å². The Hall–Kier alpha value is -2.04. The molecule has 0 bridgehead atoms. The van der Waals surface area contributed by atoms with E-state index in [1.165, 1.54) is 19.3 Å². The van der Waals surface area contributed by atoms with E-state index in [2.05, 4.69) is 0 Å². The molecule has 1 amide bonds. The van der Waals surface area contributed by atoms with Crippen molar-refractivity contribution in [1.29, 1.82) is 0 Å². The third-order valence-corrected chi connectivity index (χ3v) is 5.12. The van der Waals surface area contributed by atoms with Gasteiger partial charge >= 0.3 is 5.69 Å². The molecule has 0 saturated heterocycles. The largest absolute Gasteiger partial charge is 0.343 e. The van der Waals surface area contributed by atoms with E-state index in [0.717, 1.165) is 23.9 Å². The third-order valence-electron chi connectivity index (χ3n) is 5.12. The number of amides is 1. The van der Waals surface area contributed by atoms with Gasteiger partial charge in [-0.05, 0) is 25.0 Å². The summed E-state index contributed by atoms with van der Waals surface area (Å²) in [6, 6.07) is 8.10. The van der Waals surface area contributed by atoms with Crippen molar-refractivity contribution in [2.24, 2.45) is 7.05 Å². The van der Waals surface area contributed by atoms with Gasteiger partial charge < -0.3 is 4.90 Å². The second-order valence-corrected chi connectivity index (χ2v) is 6.53. The van der Waals surface area contributed by atoms with E-state index < -0.39 is 0 Å². The topological polar surface area (TPSA) is 47.2 Å². The van der Waals surface area contributed by atoms with Gasteiger partial charge in [-0.25, -0.2) is 4.79 Å². The Bertz CT molecular complexity index is 753. The van der Waals surface area contributed by atoms with Crippen LogP contribution in [-0.2, 0) is 18.4 Å². The maximum absolute atomic E-state index is 12.5. The van der Waals surface area contributed by atoms with Crippen LogP contribution in [0.4, 0.5) is 0 Å². The fourth-order valence-electron chi connectivity index (χ4n) is 3.64. The van der Waals surface area contributed by atoms with E-state index in [9.17, 15) is 9.59 Å². The molecule has 1 aliphatic rings. The summed E-state index contributed by atoms with van der Waals surface area (Å²) in [6.07, 6.45) is 6.30. The number of aryl methyl sites for hydroxylation is 2. The van der Waals surface area contributed by atoms with Gasteiger partial charge in [-0.2, -0.15) is 0 Å². The van der Waals surface area contributed by atoms with E-state index in [4.69, 9.17) is 0 Å². The highest BCUT2D eigenvalue weighted by Crippen LogP contribution is 2.22. The van der Waals surface area contributed by atoms with Crippen LogP contribution in [0.15, 0.2) is 29.1 Å². The van der Waals surface area contributed by atoms with Crippen LogP contribution in [0.5, 0.6) is 0 Å². The monoisotopic (exact) mass is 315 g/mol. The van der Waals surface area contributed by atoms with Gasteiger partial charge in [0.25, 0.3) is 0 Å². The number of hydrogen-bond donors (Lipinski definition) is 0. The van der Waals surface area contributed by atoms with Crippen LogP contribution in [0.2, 0.25) is 0 Å². The minimum atomic E-state index is -0.0562. The second-order valence-electron chi connectivity index (χ2n) is 6.53. The number of nitrogens with zero attached hydrogens (tertiary/aromatic N) is 3. The number of imidazole rings is 1. The molecule has 1 saturated carbocycles. The summed E-state index contributed by atoms with van der Waals surface area (Å²) in [5.41, 5.74) is 1.75. The fourth-order valence-corrected chi connectivity index (χ4v) is 3.64. The lowest BCUT2D eigenvalue weighted by Crippen LogP contribution is -2.39. The average Bonchev–Trinajstić information content (AvgIpc) is 2.84. The van der Waals surface area contributed by atoms with Crippen LogP contribution >= 0.6 is 0 Å². The Morgan fingerprint density at radius 2 is 1.83 bits per heavy atom. The lowest BCUT2D eigenvalue weighted by atomic mass is 9.94. The van der Waals surface area contributed by atoms with Gasteiger partial charge in [-0.15, -0.1) is 0 Å². The molecule has 5 heteroatoms. The molecule has 1 aromatic carbocycles. The van der Waals surface area contributed by atoms with E-state index in [-0.39, 0.29) is 11.6 Å². The summed E-state index contributed by atoms with van der Waals surface area (Å²) < 4.78 is 3.35. The molecule has 23 heavy (non-hydrogen) atoms. The van der Waals surface area contributed by atoms with Crippen LogP contribution in [0, 0.1) is 0 Å². The first-order chi connectivity index (χ1) is 11.1. The molecule has 2 aromatic rings. The van der Waals surface area contributed by atoms with Crippen molar-refractivity contribution in [2.75, 3.05) is 7.05 Å². The van der Waals surface area contributed by atoms with Gasteiger partial charge in [0.05, 0.1) is 11.0 Å². The van der Waals surface area contributed by atoms with E-state index in [1.54, 1.807) is 16.2 Å². The summed E-state index contributed by atoms with van der Waals surface area (Å²) in [7, 11) is 3.68. The molecule has 1 fully saturated rings. The van der Waals surface area contributed by atoms with Crippen LogP contribution < -0.4 is 5.69 Å². The molecule has 124 valence electrons. The predicted octanol–water partition coefficient (Wildman–Crippen LogP) is 2.52. The molecular weight excluding hydrogens is 290 g/mol. The zero-order valence-corrected chi connectivity index (χ0v) is 14.0. The standard InChI is InChI=1S/C18H25N3O2/c1-19(14-8-4-3-5-9-14)17(22)12-13-21-16-11-7-6-10-15(16)20(2)18(21)23/h6-7,10-11,14H,3-5,8-9,12-13H2,1-2H3. The van der Waals surface area contributed by atoms with E-state index >= 15 is 0 Å². The molecule has 0 spiro atoms. The summed E-state index contributed by atoms with van der Waals surface area (Å²) in [4.78, 5) is 26.7. The highest BCUT2D eigenvalue weighted by Gasteiger charge is 2.22. The number of carbonyl (C=O) groups is 1. The first kappa shape index (κ1) is 15.8. The average molecular weight is 315 g/mol. The zero-order chi connectivity index (χ0) is 16.4. The predicted molar refractivity (Wildman–Crippen MR) is 91.4 cm³/mol. The SMILES string of the molecule is CN(C(=O)CCn1c(=O)n(C)c2ccccc21)C1CCCCC1. The van der Waals surface area contributed by atoms with E-state index in [0.29, 0.717) is 19.0 Å². The van der Waals surface area contributed by atoms with Crippen LogP contribution in [0.3, 0.4) is 0 Å². The maximum Gasteiger partial charge on any atom is 0.328 e. The van der Waals surface area contributed by atoms with Crippen LogP contribution in [0.1, 0.15) is 38.5 Å². The van der Waals surface area contributed by atoms with Gasteiger partial charge in [0.1, 0.15) is 0 Å². The van der Waals surface area contributed by atoms with Crippen molar-refractivity contribution in [3.63, 3.8) is 0 Å². The molecule has 0 N–H and O–H groups in total. The summed E-state index contributed by atoms with van der Waals surface area (Å²) in [5, 5.41) is 0. The number of rotatable bonds is 4. The maximum atomic E-state index is 12.5. The van der Waals surface area contributed by atoms with Crippen molar-refractivity contribution < 1.29 is 4.79 Å². The van der Waals surface area contributed by atoms with Crippen molar-refractivity contribution >= 4 is 16.9 Å². The normalized spacial score (nSPS) is 15.9. The molecule has 1 heterocycles. The van der Waals surface area contributed by atoms with Gasteiger partial charge in [-0.1, -0.05) is 31.4 Å². The van der Waals surface area contributed by atoms with E-state index in [1.807, 2.05) is 36.2 Å². The molecule has 1 aromatic heterocycles. The Morgan fingerprint density at radius 3 is 2.52 bits per heavy atom. The Morgan fingerprint density at radius 1 is 1.17 bits per heavy atom. The minimum Gasteiger partial charge on any atom is -0.343 e. The highest BCUT2D eigenvalue weighted by atomic mass is 16.2. The Labute approximate surface area is 136 Å². The molecule has 1 aliphatic carbocycles. The lowest BCUT2D eigenvalue weighted by Gasteiger charge is -2.31. The van der Waals surface area contributed by atoms with Crippen LogP contribution in [-0.4, -0.2) is 33.0 Å². The summed E-state index contributed by atoms with van der Waals surface area (Å²) >= 11 is 0. The minimum absolute atomic E-state index is 0.0562. The first-order valence-corrected chi connectivity index (χ1v) is 8.49. The second kappa shape index (κ2) is 6.60. The Kier molecular flexibility index (Phi) is 4.55. The van der Waals surface area contributed by atoms with Crippen molar-refractivity contribution in [3.8, 4) is 0 Å². The molecule has 3 rings (SSSR count). The summed E-state index contributed by atoms with van der Waals surface area (Å²) in [6.45, 7) is 0.441. The van der Waals surface area contributed by atoms with Gasteiger partial charge in [0, 0.05) is 33.1 Å². The van der Waals surface area contributed by atoms with Crippen molar-refractivity contribution in [3.05, 3.63) is 34.7 Å². The molecule has 0 radical (unpaired) electrons. The molecule has 0 atom stereocenters. The van der Waals surface area contributed by atoms with Gasteiger partial charge in [0.15, 0.2) is 0 Å². The molecule has 0 unspecified atom stereocenters. The number of benzene rings is 1. The zero-order valence-electron chi connectivity index (χ0n) is 14.0. The highest BCUT2D eigenvalue weighted by molar-refractivity contribution is 5.78. The van der Waals surface area contributed by atoms with Crippen molar-refractivity contribution in [2.45, 2.75) is 51.1 Å². The Balaban J connectivity index is 1.72. The quantitative estimate of drug-likeness (QED) is 0.870. The van der Waals surface area contributed by atoms with Crippen LogP contribution in [0.25, 0.3) is 11.0 Å². The number of hydrogen-bond acceptors (Lipinski definition) is 2. The lowest BCUT2D eigenvalue weighted by molar-refractivity contribution is -0.132.